The summed E-state index contributed by atoms with van der Waals surface area (Å²) in [7, 11) is 0. The molecule has 1 rings (SSSR count). The summed E-state index contributed by atoms with van der Waals surface area (Å²) >= 11 is 0. The highest BCUT2D eigenvalue weighted by molar-refractivity contribution is 5.94. The minimum atomic E-state index is -4.26. The maximum absolute atomic E-state index is 13.0. The summed E-state index contributed by atoms with van der Waals surface area (Å²) in [5, 5.41) is 7.65. The van der Waals surface area contributed by atoms with Crippen molar-refractivity contribution in [1.29, 1.82) is 0 Å². The predicted octanol–water partition coefficient (Wildman–Crippen LogP) is 2.27. The highest BCUT2D eigenvalue weighted by Crippen LogP contribution is 2.18. The quantitative estimate of drug-likeness (QED) is 0.425. The van der Waals surface area contributed by atoms with Gasteiger partial charge in [-0.25, -0.2) is 9.38 Å². The first kappa shape index (κ1) is 18.7. The molecule has 9 heteroatoms. The fraction of sp³-hybridized carbons (Fsp3) is 0.429. The number of rotatable bonds is 6. The lowest BCUT2D eigenvalue weighted by Crippen LogP contribution is -2.39. The molecule has 0 atom stereocenters. The molecular weight excluding hydrogens is 316 g/mol. The highest BCUT2D eigenvalue weighted by atomic mass is 19.4. The van der Waals surface area contributed by atoms with Crippen molar-refractivity contribution in [2.75, 3.05) is 25.0 Å². The van der Waals surface area contributed by atoms with E-state index in [-0.39, 0.29) is 24.7 Å². The number of aliphatic imine (C=N–C) groups is 1. The van der Waals surface area contributed by atoms with Crippen LogP contribution < -0.4 is 16.0 Å². The van der Waals surface area contributed by atoms with E-state index in [0.29, 0.717) is 6.54 Å². The molecule has 0 saturated heterocycles. The number of guanidine groups is 1. The third-order valence-corrected chi connectivity index (χ3v) is 2.53. The van der Waals surface area contributed by atoms with Gasteiger partial charge in [-0.15, -0.1) is 0 Å². The van der Waals surface area contributed by atoms with Crippen LogP contribution in [0.15, 0.2) is 29.3 Å². The van der Waals surface area contributed by atoms with E-state index >= 15 is 0 Å². The van der Waals surface area contributed by atoms with E-state index in [1.165, 1.54) is 18.2 Å². The lowest BCUT2D eigenvalue weighted by molar-refractivity contribution is -0.132. The van der Waals surface area contributed by atoms with Gasteiger partial charge in [0.15, 0.2) is 5.96 Å². The second-order valence-electron chi connectivity index (χ2n) is 4.55. The fourth-order valence-corrected chi connectivity index (χ4v) is 1.58. The van der Waals surface area contributed by atoms with Crippen LogP contribution in [0.1, 0.15) is 13.3 Å². The van der Waals surface area contributed by atoms with Crippen molar-refractivity contribution in [1.82, 2.24) is 10.6 Å². The summed E-state index contributed by atoms with van der Waals surface area (Å²) in [4.78, 5) is 15.6. The number of hydrogen-bond acceptors (Lipinski definition) is 2. The lowest BCUT2D eigenvalue weighted by atomic mass is 10.3. The molecule has 0 spiro atoms. The van der Waals surface area contributed by atoms with Gasteiger partial charge in [0.25, 0.3) is 0 Å². The zero-order chi connectivity index (χ0) is 17.3. The van der Waals surface area contributed by atoms with Gasteiger partial charge >= 0.3 is 6.18 Å². The number of anilines is 1. The number of nitrogens with one attached hydrogen (secondary N) is 3. The van der Waals surface area contributed by atoms with Gasteiger partial charge in [0, 0.05) is 18.8 Å². The standard InChI is InChI=1S/C14H18F4N4O/c1-2-19-13(20-7-6-14(16,17)18)21-9-12(23)22-11-5-3-4-10(15)8-11/h3-5,8H,2,6-7,9H2,1H3,(H,22,23)(H2,19,20,21). The summed E-state index contributed by atoms with van der Waals surface area (Å²) in [6.07, 6.45) is -5.27. The summed E-state index contributed by atoms with van der Waals surface area (Å²) in [6.45, 7) is 1.52. The molecule has 0 aromatic heterocycles. The molecule has 0 aliphatic rings. The van der Waals surface area contributed by atoms with Crippen molar-refractivity contribution >= 4 is 17.6 Å². The second-order valence-corrected chi connectivity index (χ2v) is 4.55. The zero-order valence-electron chi connectivity index (χ0n) is 12.5. The van der Waals surface area contributed by atoms with Crippen molar-refractivity contribution in [2.45, 2.75) is 19.5 Å². The Labute approximate surface area is 131 Å². The van der Waals surface area contributed by atoms with Crippen molar-refractivity contribution in [3.8, 4) is 0 Å². The molecule has 0 saturated carbocycles. The summed E-state index contributed by atoms with van der Waals surface area (Å²) in [6, 6.07) is 5.34. The zero-order valence-corrected chi connectivity index (χ0v) is 12.5. The fourth-order valence-electron chi connectivity index (χ4n) is 1.58. The summed E-state index contributed by atoms with van der Waals surface area (Å²) in [5.41, 5.74) is 0.278. The maximum atomic E-state index is 13.0. The highest BCUT2D eigenvalue weighted by Gasteiger charge is 2.26. The molecule has 1 amide bonds. The molecule has 1 aromatic rings. The molecule has 0 unspecified atom stereocenters. The van der Waals surface area contributed by atoms with Gasteiger partial charge in [-0.3, -0.25) is 4.79 Å². The normalized spacial score (nSPS) is 12.0. The number of amides is 1. The molecule has 128 valence electrons. The van der Waals surface area contributed by atoms with Crippen LogP contribution in [0.2, 0.25) is 0 Å². The number of carbonyl (C=O) groups is 1. The molecule has 0 heterocycles. The number of benzene rings is 1. The molecule has 5 nitrogen and oxygen atoms in total. The minimum absolute atomic E-state index is 0.103. The molecular formula is C14H18F4N4O. The SMILES string of the molecule is CCNC(=NCC(=O)Nc1cccc(F)c1)NCCC(F)(F)F. The van der Waals surface area contributed by atoms with Crippen molar-refractivity contribution in [3.05, 3.63) is 30.1 Å². The first-order chi connectivity index (χ1) is 10.8. The second kappa shape index (κ2) is 8.96. The summed E-state index contributed by atoms with van der Waals surface area (Å²) in [5.74, 6) is -0.900. The molecule has 0 radical (unpaired) electrons. The van der Waals surface area contributed by atoms with Crippen LogP contribution in [0.4, 0.5) is 23.2 Å². The number of carbonyl (C=O) groups excluding carboxylic acids is 1. The van der Waals surface area contributed by atoms with Gasteiger partial charge in [0.05, 0.1) is 6.42 Å². The first-order valence-electron chi connectivity index (χ1n) is 6.94. The number of alkyl halides is 3. The Morgan fingerprint density at radius 2 is 2.00 bits per heavy atom. The van der Waals surface area contributed by atoms with Crippen LogP contribution in [-0.4, -0.2) is 37.7 Å². The molecule has 0 aliphatic heterocycles. The van der Waals surface area contributed by atoms with E-state index < -0.39 is 24.3 Å². The van der Waals surface area contributed by atoms with Gasteiger partial charge in [0.1, 0.15) is 12.4 Å². The smallest absolute Gasteiger partial charge is 0.357 e. The van der Waals surface area contributed by atoms with E-state index in [1.54, 1.807) is 6.92 Å². The van der Waals surface area contributed by atoms with E-state index in [2.05, 4.69) is 20.9 Å². The lowest BCUT2D eigenvalue weighted by Gasteiger charge is -2.12. The molecule has 0 aliphatic carbocycles. The van der Waals surface area contributed by atoms with E-state index in [0.717, 1.165) is 6.07 Å². The number of hydrogen-bond donors (Lipinski definition) is 3. The van der Waals surface area contributed by atoms with Crippen LogP contribution in [-0.2, 0) is 4.79 Å². The van der Waals surface area contributed by atoms with Crippen molar-refractivity contribution in [3.63, 3.8) is 0 Å². The average Bonchev–Trinajstić information content (AvgIpc) is 2.43. The van der Waals surface area contributed by atoms with Crippen LogP contribution in [0.25, 0.3) is 0 Å². The van der Waals surface area contributed by atoms with E-state index in [1.807, 2.05) is 0 Å². The largest absolute Gasteiger partial charge is 0.390 e. The number of nitrogens with zero attached hydrogens (tertiary/aromatic N) is 1. The molecule has 23 heavy (non-hydrogen) atoms. The van der Waals surface area contributed by atoms with Gasteiger partial charge in [-0.05, 0) is 25.1 Å². The Morgan fingerprint density at radius 3 is 2.61 bits per heavy atom. The third kappa shape index (κ3) is 8.64. The number of halogens is 4. The van der Waals surface area contributed by atoms with Crippen LogP contribution in [0.5, 0.6) is 0 Å². The molecule has 0 bridgehead atoms. The van der Waals surface area contributed by atoms with Gasteiger partial charge in [-0.2, -0.15) is 13.2 Å². The first-order valence-corrected chi connectivity index (χ1v) is 6.94. The monoisotopic (exact) mass is 334 g/mol. The topological polar surface area (TPSA) is 65.5 Å². The van der Waals surface area contributed by atoms with Crippen LogP contribution in [0, 0.1) is 5.82 Å². The van der Waals surface area contributed by atoms with Crippen molar-refractivity contribution in [2.24, 2.45) is 4.99 Å². The third-order valence-electron chi connectivity index (χ3n) is 2.53. The van der Waals surface area contributed by atoms with E-state index in [4.69, 9.17) is 0 Å². The molecule has 1 aromatic carbocycles. The maximum Gasteiger partial charge on any atom is 0.390 e. The minimum Gasteiger partial charge on any atom is -0.357 e. The van der Waals surface area contributed by atoms with Gasteiger partial charge < -0.3 is 16.0 Å². The Kier molecular flexibility index (Phi) is 7.30. The van der Waals surface area contributed by atoms with Gasteiger partial charge in [-0.1, -0.05) is 6.07 Å². The Hall–Kier alpha value is -2.32. The van der Waals surface area contributed by atoms with E-state index in [9.17, 15) is 22.4 Å². The predicted molar refractivity (Wildman–Crippen MR) is 79.7 cm³/mol. The Bertz CT molecular complexity index is 546. The Balaban J connectivity index is 2.50. The van der Waals surface area contributed by atoms with Crippen molar-refractivity contribution < 1.29 is 22.4 Å². The van der Waals surface area contributed by atoms with Crippen LogP contribution in [0.3, 0.4) is 0 Å². The Morgan fingerprint density at radius 1 is 1.26 bits per heavy atom. The molecule has 3 N–H and O–H groups in total. The molecule has 0 fully saturated rings. The summed E-state index contributed by atoms with van der Waals surface area (Å²) < 4.78 is 49.2. The average molecular weight is 334 g/mol. The van der Waals surface area contributed by atoms with Gasteiger partial charge in [0.2, 0.25) is 5.91 Å². The van der Waals surface area contributed by atoms with Crippen LogP contribution >= 0.6 is 0 Å².